The predicted molar refractivity (Wildman–Crippen MR) is 81.9 cm³/mol. The molecular formula is C14H10BrF2IO. The highest BCUT2D eigenvalue weighted by atomic mass is 127. The van der Waals surface area contributed by atoms with Gasteiger partial charge in [0.05, 0.1) is 10.6 Å². The van der Waals surface area contributed by atoms with Crippen molar-refractivity contribution in [2.45, 2.75) is 12.5 Å². The molecule has 0 amide bonds. The molecule has 0 aliphatic heterocycles. The first kappa shape index (κ1) is 14.9. The van der Waals surface area contributed by atoms with E-state index in [0.29, 0.717) is 19.2 Å². The second kappa shape index (κ2) is 6.28. The van der Waals surface area contributed by atoms with Crippen LogP contribution in [0, 0.1) is 15.2 Å². The molecule has 19 heavy (non-hydrogen) atoms. The van der Waals surface area contributed by atoms with E-state index < -0.39 is 6.10 Å². The average Bonchev–Trinajstić information content (AvgIpc) is 2.34. The minimum Gasteiger partial charge on any atom is -0.388 e. The first-order valence-corrected chi connectivity index (χ1v) is 7.42. The van der Waals surface area contributed by atoms with E-state index in [4.69, 9.17) is 0 Å². The van der Waals surface area contributed by atoms with Crippen LogP contribution in [-0.4, -0.2) is 5.11 Å². The molecule has 0 saturated carbocycles. The topological polar surface area (TPSA) is 20.2 Å². The van der Waals surface area contributed by atoms with Crippen molar-refractivity contribution in [3.8, 4) is 0 Å². The van der Waals surface area contributed by atoms with Gasteiger partial charge in [0, 0.05) is 9.99 Å². The molecule has 0 spiro atoms. The van der Waals surface area contributed by atoms with Crippen LogP contribution in [0.4, 0.5) is 8.78 Å². The summed E-state index contributed by atoms with van der Waals surface area (Å²) >= 11 is 5.14. The summed E-state index contributed by atoms with van der Waals surface area (Å²) in [5.74, 6) is -0.703. The van der Waals surface area contributed by atoms with Crippen molar-refractivity contribution in [2.24, 2.45) is 0 Å². The number of hydrogen-bond acceptors (Lipinski definition) is 1. The Balaban J connectivity index is 2.25. The second-order valence-electron chi connectivity index (χ2n) is 4.10. The van der Waals surface area contributed by atoms with Crippen LogP contribution >= 0.6 is 38.5 Å². The van der Waals surface area contributed by atoms with E-state index in [2.05, 4.69) is 15.9 Å². The summed E-state index contributed by atoms with van der Waals surface area (Å²) in [4.78, 5) is 0. The fourth-order valence-corrected chi connectivity index (χ4v) is 3.06. The molecule has 5 heteroatoms. The zero-order valence-electron chi connectivity index (χ0n) is 9.71. The van der Waals surface area contributed by atoms with Gasteiger partial charge in [0.15, 0.2) is 0 Å². The molecule has 0 aliphatic rings. The number of hydrogen-bond donors (Lipinski definition) is 1. The standard InChI is InChI=1S/C14H10BrF2IO/c15-14-8(2-1-3-11(14)17)6-13(19)10-5-4-9(16)7-12(10)18/h1-5,7,13,19H,6H2. The van der Waals surface area contributed by atoms with Crippen molar-refractivity contribution >= 4 is 38.5 Å². The Hall–Kier alpha value is -0.530. The summed E-state index contributed by atoms with van der Waals surface area (Å²) in [5, 5.41) is 10.2. The van der Waals surface area contributed by atoms with Crippen molar-refractivity contribution in [2.75, 3.05) is 0 Å². The molecule has 1 atom stereocenters. The summed E-state index contributed by atoms with van der Waals surface area (Å²) in [6, 6.07) is 8.90. The molecule has 0 radical (unpaired) electrons. The predicted octanol–water partition coefficient (Wildman–Crippen LogP) is 4.61. The van der Waals surface area contributed by atoms with Crippen LogP contribution in [0.5, 0.6) is 0 Å². The number of benzene rings is 2. The van der Waals surface area contributed by atoms with Crippen LogP contribution in [0.1, 0.15) is 17.2 Å². The summed E-state index contributed by atoms with van der Waals surface area (Å²) in [5.41, 5.74) is 1.31. The second-order valence-corrected chi connectivity index (χ2v) is 6.05. The van der Waals surface area contributed by atoms with Crippen molar-refractivity contribution in [3.05, 3.63) is 67.2 Å². The van der Waals surface area contributed by atoms with Gasteiger partial charge in [-0.15, -0.1) is 0 Å². The van der Waals surface area contributed by atoms with Gasteiger partial charge in [0.1, 0.15) is 11.6 Å². The van der Waals surface area contributed by atoms with Gasteiger partial charge in [-0.25, -0.2) is 8.78 Å². The quantitative estimate of drug-likeness (QED) is 0.694. The largest absolute Gasteiger partial charge is 0.388 e. The van der Waals surface area contributed by atoms with Gasteiger partial charge in [0.25, 0.3) is 0 Å². The van der Waals surface area contributed by atoms with Gasteiger partial charge in [-0.3, -0.25) is 0 Å². The molecule has 0 bridgehead atoms. The molecule has 0 saturated heterocycles. The average molecular weight is 439 g/mol. The molecule has 0 heterocycles. The fourth-order valence-electron chi connectivity index (χ4n) is 1.80. The minimum absolute atomic E-state index is 0.264. The van der Waals surface area contributed by atoms with Crippen molar-refractivity contribution < 1.29 is 13.9 Å². The van der Waals surface area contributed by atoms with Gasteiger partial charge < -0.3 is 5.11 Å². The van der Waals surface area contributed by atoms with E-state index in [1.54, 1.807) is 18.2 Å². The zero-order chi connectivity index (χ0) is 14.0. The summed E-state index contributed by atoms with van der Waals surface area (Å²) < 4.78 is 27.4. The first-order valence-electron chi connectivity index (χ1n) is 5.55. The lowest BCUT2D eigenvalue weighted by Gasteiger charge is -2.14. The van der Waals surface area contributed by atoms with E-state index in [9.17, 15) is 13.9 Å². The third-order valence-corrected chi connectivity index (χ3v) is 4.59. The third kappa shape index (κ3) is 3.52. The Kier molecular flexibility index (Phi) is 4.92. The lowest BCUT2D eigenvalue weighted by Crippen LogP contribution is -2.05. The molecule has 100 valence electrons. The molecule has 1 unspecified atom stereocenters. The number of aliphatic hydroxyl groups is 1. The smallest absolute Gasteiger partial charge is 0.137 e. The molecule has 1 N–H and O–H groups in total. The van der Waals surface area contributed by atoms with Crippen molar-refractivity contribution in [3.63, 3.8) is 0 Å². The van der Waals surface area contributed by atoms with E-state index in [1.165, 1.54) is 18.2 Å². The summed E-state index contributed by atoms with van der Waals surface area (Å²) in [6.07, 6.45) is -0.537. The maximum Gasteiger partial charge on any atom is 0.137 e. The Labute approximate surface area is 131 Å². The fraction of sp³-hybridized carbons (Fsp3) is 0.143. The number of rotatable bonds is 3. The van der Waals surface area contributed by atoms with Crippen LogP contribution in [0.3, 0.4) is 0 Å². The molecule has 1 nitrogen and oxygen atoms in total. The zero-order valence-corrected chi connectivity index (χ0v) is 13.5. The van der Waals surface area contributed by atoms with E-state index in [0.717, 1.165) is 0 Å². The molecule has 2 aromatic carbocycles. The summed E-state index contributed by atoms with van der Waals surface area (Å²) in [7, 11) is 0. The van der Waals surface area contributed by atoms with Crippen LogP contribution in [0.15, 0.2) is 40.9 Å². The lowest BCUT2D eigenvalue weighted by molar-refractivity contribution is 0.177. The van der Waals surface area contributed by atoms with Crippen LogP contribution in [-0.2, 0) is 6.42 Å². The highest BCUT2D eigenvalue weighted by Crippen LogP contribution is 2.28. The Morgan fingerprint density at radius 3 is 2.63 bits per heavy atom. The minimum atomic E-state index is -0.800. The van der Waals surface area contributed by atoms with Crippen LogP contribution in [0.25, 0.3) is 0 Å². The first-order chi connectivity index (χ1) is 8.99. The molecule has 0 fully saturated rings. The van der Waals surface area contributed by atoms with Gasteiger partial charge in [0.2, 0.25) is 0 Å². The van der Waals surface area contributed by atoms with Crippen LogP contribution < -0.4 is 0 Å². The summed E-state index contributed by atoms with van der Waals surface area (Å²) in [6.45, 7) is 0. The molecule has 0 aliphatic carbocycles. The Morgan fingerprint density at radius 2 is 1.95 bits per heavy atom. The van der Waals surface area contributed by atoms with Gasteiger partial charge in [-0.2, -0.15) is 0 Å². The monoisotopic (exact) mass is 438 g/mol. The Bertz CT molecular complexity index is 604. The number of aliphatic hydroxyl groups excluding tert-OH is 1. The third-order valence-electron chi connectivity index (χ3n) is 2.77. The highest BCUT2D eigenvalue weighted by Gasteiger charge is 2.15. The maximum atomic E-state index is 13.4. The van der Waals surface area contributed by atoms with E-state index in [1.807, 2.05) is 22.6 Å². The van der Waals surface area contributed by atoms with E-state index >= 15 is 0 Å². The SMILES string of the molecule is OC(Cc1cccc(F)c1Br)c1ccc(F)cc1I. The molecule has 2 aromatic rings. The van der Waals surface area contributed by atoms with Crippen molar-refractivity contribution in [1.82, 2.24) is 0 Å². The van der Waals surface area contributed by atoms with Gasteiger partial charge >= 0.3 is 0 Å². The van der Waals surface area contributed by atoms with E-state index in [-0.39, 0.29) is 18.1 Å². The maximum absolute atomic E-state index is 13.4. The molecule has 2 rings (SSSR count). The van der Waals surface area contributed by atoms with Crippen LogP contribution in [0.2, 0.25) is 0 Å². The molecular weight excluding hydrogens is 429 g/mol. The normalized spacial score (nSPS) is 12.5. The van der Waals surface area contributed by atoms with Gasteiger partial charge in [-0.1, -0.05) is 18.2 Å². The van der Waals surface area contributed by atoms with Gasteiger partial charge in [-0.05, 0) is 67.8 Å². The lowest BCUT2D eigenvalue weighted by atomic mass is 10.0. The van der Waals surface area contributed by atoms with Crippen molar-refractivity contribution in [1.29, 1.82) is 0 Å². The highest BCUT2D eigenvalue weighted by molar-refractivity contribution is 14.1. The number of halogens is 4. The molecule has 0 aromatic heterocycles. The Morgan fingerprint density at radius 1 is 1.21 bits per heavy atom.